The largest absolute Gasteiger partial charge is 0.508 e. The van der Waals surface area contributed by atoms with Crippen LogP contribution in [0.2, 0.25) is 0 Å². The molecule has 0 amide bonds. The molecule has 0 spiro atoms. The Morgan fingerprint density at radius 1 is 0.353 bits per heavy atom. The number of fused-ring (bicyclic) bond motifs is 9. The van der Waals surface area contributed by atoms with E-state index in [1.54, 1.807) is 84.9 Å². The van der Waals surface area contributed by atoms with Crippen LogP contribution in [0.3, 0.4) is 0 Å². The third-order valence-electron chi connectivity index (χ3n) is 10.9. The lowest BCUT2D eigenvalue weighted by molar-refractivity contribution is 0.221. The number of benzene rings is 6. The number of hydrogen-bond donors (Lipinski definition) is 8. The summed E-state index contributed by atoms with van der Waals surface area (Å²) in [5, 5.41) is 86.7. The lowest BCUT2D eigenvalue weighted by atomic mass is 9.62. The van der Waals surface area contributed by atoms with E-state index in [-0.39, 0.29) is 51.9 Å². The van der Waals surface area contributed by atoms with Crippen molar-refractivity contribution in [1.29, 1.82) is 0 Å². The molecule has 9 heteroatoms. The predicted molar refractivity (Wildman–Crippen MR) is 186 cm³/mol. The second-order valence-corrected chi connectivity index (χ2v) is 13.7. The molecule has 9 nitrogen and oxygen atoms in total. The van der Waals surface area contributed by atoms with Gasteiger partial charge in [0.2, 0.25) is 0 Å². The van der Waals surface area contributed by atoms with E-state index in [9.17, 15) is 40.9 Å². The first-order valence-corrected chi connectivity index (χ1v) is 16.6. The lowest BCUT2D eigenvalue weighted by Crippen LogP contribution is -2.26. The van der Waals surface area contributed by atoms with Crippen LogP contribution in [0.25, 0.3) is 0 Å². The number of phenols is 8. The molecule has 0 saturated heterocycles. The van der Waals surface area contributed by atoms with Gasteiger partial charge in [0.1, 0.15) is 57.8 Å². The SMILES string of the molecule is Oc1ccc(C2[C@@H]3c4cc(O)cc(O)c4[C@H](c4ccc(O)cc4)[C@H]2c2c3c(O)cc3c2[C@H](c2cc(O)cc(O)c2)[C@@H](c2ccc(O)cc2)O3)cc1. The van der Waals surface area contributed by atoms with Crippen molar-refractivity contribution in [3.63, 3.8) is 0 Å². The minimum absolute atomic E-state index is 0.0379. The van der Waals surface area contributed by atoms with Crippen LogP contribution in [0.15, 0.2) is 109 Å². The van der Waals surface area contributed by atoms with Gasteiger partial charge >= 0.3 is 0 Å². The van der Waals surface area contributed by atoms with Gasteiger partial charge < -0.3 is 45.6 Å². The van der Waals surface area contributed by atoms with Gasteiger partial charge in [-0.15, -0.1) is 0 Å². The minimum atomic E-state index is -0.702. The van der Waals surface area contributed by atoms with Crippen molar-refractivity contribution in [2.75, 3.05) is 0 Å². The van der Waals surface area contributed by atoms with E-state index in [2.05, 4.69) is 0 Å². The Balaban J connectivity index is 1.39. The second-order valence-electron chi connectivity index (χ2n) is 13.7. The van der Waals surface area contributed by atoms with Crippen molar-refractivity contribution in [3.05, 3.63) is 159 Å². The molecule has 6 atom stereocenters. The average Bonchev–Trinajstić information content (AvgIpc) is 3.60. The van der Waals surface area contributed by atoms with Gasteiger partial charge in [0, 0.05) is 58.6 Å². The molecule has 6 aromatic rings. The highest BCUT2D eigenvalue weighted by atomic mass is 16.5. The molecule has 3 aliphatic rings. The smallest absolute Gasteiger partial charge is 0.135 e. The fourth-order valence-electron chi connectivity index (χ4n) is 9.08. The van der Waals surface area contributed by atoms with E-state index in [0.717, 1.165) is 22.3 Å². The Morgan fingerprint density at radius 3 is 1.49 bits per heavy atom. The quantitative estimate of drug-likeness (QED) is 0.0927. The van der Waals surface area contributed by atoms with Crippen LogP contribution in [-0.4, -0.2) is 40.9 Å². The van der Waals surface area contributed by atoms with Gasteiger partial charge in [-0.1, -0.05) is 36.4 Å². The lowest BCUT2D eigenvalue weighted by Gasteiger charge is -2.40. The van der Waals surface area contributed by atoms with Crippen LogP contribution in [0.5, 0.6) is 51.7 Å². The summed E-state index contributed by atoms with van der Waals surface area (Å²) in [7, 11) is 0. The molecular formula is C42H32O9. The van der Waals surface area contributed by atoms with Crippen molar-refractivity contribution in [1.82, 2.24) is 0 Å². The fourth-order valence-corrected chi connectivity index (χ4v) is 9.08. The Labute approximate surface area is 291 Å². The van der Waals surface area contributed by atoms with E-state index in [1.165, 1.54) is 12.1 Å². The van der Waals surface area contributed by atoms with Crippen LogP contribution < -0.4 is 4.74 Å². The third-order valence-corrected chi connectivity index (χ3v) is 10.9. The maximum atomic E-state index is 12.1. The molecule has 0 aromatic heterocycles. The summed E-state index contributed by atoms with van der Waals surface area (Å²) in [6.45, 7) is 0. The molecule has 8 N–H and O–H groups in total. The second kappa shape index (κ2) is 11.0. The third kappa shape index (κ3) is 4.61. The number of aromatic hydroxyl groups is 8. The number of ether oxygens (including phenoxy) is 1. The maximum Gasteiger partial charge on any atom is 0.135 e. The molecule has 9 rings (SSSR count). The van der Waals surface area contributed by atoms with E-state index in [4.69, 9.17) is 4.74 Å². The van der Waals surface area contributed by atoms with E-state index < -0.39 is 29.8 Å². The van der Waals surface area contributed by atoms with Crippen LogP contribution in [-0.2, 0) is 0 Å². The highest BCUT2D eigenvalue weighted by Crippen LogP contribution is 2.71. The molecule has 1 heterocycles. The normalized spacial score (nSPS) is 22.5. The van der Waals surface area contributed by atoms with Crippen LogP contribution in [0, 0.1) is 0 Å². The molecule has 1 unspecified atom stereocenters. The van der Waals surface area contributed by atoms with Gasteiger partial charge in [-0.25, -0.2) is 0 Å². The van der Waals surface area contributed by atoms with Crippen molar-refractivity contribution >= 4 is 0 Å². The van der Waals surface area contributed by atoms with Crippen LogP contribution in [0.1, 0.15) is 85.8 Å². The van der Waals surface area contributed by atoms with Crippen molar-refractivity contribution < 1.29 is 45.6 Å². The Kier molecular flexibility index (Phi) is 6.60. The highest BCUT2D eigenvalue weighted by molar-refractivity contribution is 5.73. The molecular weight excluding hydrogens is 648 g/mol. The van der Waals surface area contributed by atoms with Gasteiger partial charge in [-0.05, 0) is 88.0 Å². The average molecular weight is 681 g/mol. The van der Waals surface area contributed by atoms with E-state index >= 15 is 0 Å². The Bertz CT molecular complexity index is 2330. The summed E-state index contributed by atoms with van der Waals surface area (Å²) in [4.78, 5) is 0. The Morgan fingerprint density at radius 2 is 0.882 bits per heavy atom. The standard InChI is InChI=1S/C42H32O9/c43-23-7-1-19(2-8-23)33-36-29(16-28(48)17-30(36)49)37-34(20-3-9-24(44)10-4-20)40(33)41-38(37)31(50)18-32-39(41)35(22-13-26(46)15-27(47)14-22)42(51-32)21-5-11-25(45)12-6-21/h1-18,33-35,37,40,42-50H/t33-,34?,35-,37-,40+,42+/m0/s1. The highest BCUT2D eigenvalue weighted by Gasteiger charge is 2.57. The molecule has 51 heavy (non-hydrogen) atoms. The summed E-state index contributed by atoms with van der Waals surface area (Å²) >= 11 is 0. The van der Waals surface area contributed by atoms with Gasteiger partial charge in [-0.3, -0.25) is 0 Å². The maximum absolute atomic E-state index is 12.1. The summed E-state index contributed by atoms with van der Waals surface area (Å²) in [5.74, 6) is -2.56. The fraction of sp³-hybridized carbons (Fsp3) is 0.143. The zero-order valence-corrected chi connectivity index (χ0v) is 26.8. The molecule has 2 bridgehead atoms. The summed E-state index contributed by atoms with van der Waals surface area (Å²) in [5.41, 5.74) is 6.16. The van der Waals surface area contributed by atoms with Gasteiger partial charge in [-0.2, -0.15) is 0 Å². The molecule has 6 aromatic carbocycles. The predicted octanol–water partition coefficient (Wildman–Crippen LogP) is 7.76. The van der Waals surface area contributed by atoms with E-state index in [1.807, 2.05) is 12.1 Å². The molecule has 0 fully saturated rings. The minimum Gasteiger partial charge on any atom is -0.508 e. The molecule has 2 aliphatic carbocycles. The van der Waals surface area contributed by atoms with Crippen LogP contribution >= 0.6 is 0 Å². The molecule has 0 saturated carbocycles. The first kappa shape index (κ1) is 30.6. The summed E-state index contributed by atoms with van der Waals surface area (Å²) in [6, 6.07) is 29.2. The molecule has 254 valence electrons. The van der Waals surface area contributed by atoms with Crippen molar-refractivity contribution in [3.8, 4) is 51.7 Å². The summed E-state index contributed by atoms with van der Waals surface area (Å²) < 4.78 is 6.71. The van der Waals surface area contributed by atoms with E-state index in [0.29, 0.717) is 33.6 Å². The van der Waals surface area contributed by atoms with Gasteiger partial charge in [0.25, 0.3) is 0 Å². The zero-order valence-electron chi connectivity index (χ0n) is 26.8. The van der Waals surface area contributed by atoms with Gasteiger partial charge in [0.05, 0.1) is 5.92 Å². The van der Waals surface area contributed by atoms with Crippen molar-refractivity contribution in [2.24, 2.45) is 0 Å². The molecule has 1 aliphatic heterocycles. The first-order chi connectivity index (χ1) is 24.6. The summed E-state index contributed by atoms with van der Waals surface area (Å²) in [6.07, 6.45) is -0.702. The number of phenolic OH excluding ortho intramolecular Hbond substituents is 8. The molecule has 0 radical (unpaired) electrons. The monoisotopic (exact) mass is 680 g/mol. The van der Waals surface area contributed by atoms with Crippen molar-refractivity contribution in [2.45, 2.75) is 35.7 Å². The van der Waals surface area contributed by atoms with Crippen LogP contribution in [0.4, 0.5) is 0 Å². The van der Waals surface area contributed by atoms with Gasteiger partial charge in [0.15, 0.2) is 0 Å². The number of hydrogen-bond acceptors (Lipinski definition) is 9. The Hall–Kier alpha value is -6.48. The first-order valence-electron chi connectivity index (χ1n) is 16.6. The zero-order chi connectivity index (χ0) is 35.3. The topological polar surface area (TPSA) is 171 Å². The number of rotatable bonds is 4.